The molecule has 0 bridgehead atoms. The maximum atomic E-state index is 12.6. The highest BCUT2D eigenvalue weighted by atomic mass is 32.1. The highest BCUT2D eigenvalue weighted by Gasteiger charge is 2.26. The number of thiophene rings is 1. The van der Waals surface area contributed by atoms with E-state index in [1.54, 1.807) is 38.1 Å². The third kappa shape index (κ3) is 3.37. The number of aliphatic hydroxyl groups is 1. The topological polar surface area (TPSA) is 88.2 Å². The van der Waals surface area contributed by atoms with Crippen LogP contribution in [-0.2, 0) is 5.60 Å². The number of hydrogen-bond acceptors (Lipinski definition) is 6. The van der Waals surface area contributed by atoms with Crippen LogP contribution < -0.4 is 5.32 Å². The van der Waals surface area contributed by atoms with Gasteiger partial charge in [0.2, 0.25) is 0 Å². The van der Waals surface area contributed by atoms with Crippen molar-refractivity contribution in [3.63, 3.8) is 0 Å². The molecule has 24 heavy (non-hydrogen) atoms. The number of benzene rings is 1. The van der Waals surface area contributed by atoms with Gasteiger partial charge in [0.05, 0.1) is 17.7 Å². The average molecular weight is 343 g/mol. The molecule has 0 aliphatic heterocycles. The summed E-state index contributed by atoms with van der Waals surface area (Å²) < 4.78 is 5.16. The predicted molar refractivity (Wildman–Crippen MR) is 90.7 cm³/mol. The normalized spacial score (nSPS) is 13.5. The molecule has 0 saturated heterocycles. The zero-order valence-corrected chi connectivity index (χ0v) is 14.1. The highest BCUT2D eigenvalue weighted by Crippen LogP contribution is 2.25. The van der Waals surface area contributed by atoms with Crippen LogP contribution in [0.2, 0.25) is 0 Å². The molecule has 0 spiro atoms. The highest BCUT2D eigenvalue weighted by molar-refractivity contribution is 7.10. The first kappa shape index (κ1) is 16.4. The van der Waals surface area contributed by atoms with Gasteiger partial charge in [-0.15, -0.1) is 11.3 Å². The molecule has 1 amide bonds. The van der Waals surface area contributed by atoms with Crippen molar-refractivity contribution >= 4 is 17.2 Å². The van der Waals surface area contributed by atoms with Crippen LogP contribution in [0.1, 0.15) is 28.0 Å². The first-order valence-corrected chi connectivity index (χ1v) is 8.29. The van der Waals surface area contributed by atoms with Crippen LogP contribution in [0, 0.1) is 6.92 Å². The lowest BCUT2D eigenvalue weighted by atomic mass is 10.0. The molecule has 7 heteroatoms. The summed E-state index contributed by atoms with van der Waals surface area (Å²) in [6.07, 6.45) is 0. The Morgan fingerprint density at radius 1 is 1.33 bits per heavy atom. The van der Waals surface area contributed by atoms with Crippen molar-refractivity contribution in [2.45, 2.75) is 19.4 Å². The minimum Gasteiger partial charge on any atom is -0.383 e. The molecule has 3 rings (SSSR count). The Kier molecular flexibility index (Phi) is 4.46. The van der Waals surface area contributed by atoms with E-state index in [-0.39, 0.29) is 12.5 Å². The van der Waals surface area contributed by atoms with Crippen LogP contribution in [-0.4, -0.2) is 27.7 Å². The van der Waals surface area contributed by atoms with Gasteiger partial charge in [0.25, 0.3) is 11.8 Å². The monoisotopic (exact) mass is 343 g/mol. The van der Waals surface area contributed by atoms with Gasteiger partial charge in [0.15, 0.2) is 5.82 Å². The van der Waals surface area contributed by atoms with Gasteiger partial charge in [-0.3, -0.25) is 4.79 Å². The lowest BCUT2D eigenvalue weighted by molar-refractivity contribution is 0.0557. The number of nitrogens with zero attached hydrogens (tertiary/aromatic N) is 2. The van der Waals surface area contributed by atoms with Gasteiger partial charge in [0, 0.05) is 4.88 Å². The van der Waals surface area contributed by atoms with E-state index in [4.69, 9.17) is 4.52 Å². The molecule has 0 aliphatic carbocycles. The third-order valence-corrected chi connectivity index (χ3v) is 4.70. The quantitative estimate of drug-likeness (QED) is 0.744. The number of aromatic nitrogens is 2. The number of nitrogens with one attached hydrogen (secondary N) is 1. The van der Waals surface area contributed by atoms with Crippen molar-refractivity contribution in [1.82, 2.24) is 15.5 Å². The van der Waals surface area contributed by atoms with E-state index in [0.29, 0.717) is 22.8 Å². The Bertz CT molecular complexity index is 840. The lowest BCUT2D eigenvalue weighted by Crippen LogP contribution is -2.38. The van der Waals surface area contributed by atoms with Gasteiger partial charge in [-0.1, -0.05) is 23.4 Å². The first-order chi connectivity index (χ1) is 11.5. The van der Waals surface area contributed by atoms with Gasteiger partial charge in [-0.25, -0.2) is 0 Å². The summed E-state index contributed by atoms with van der Waals surface area (Å²) in [4.78, 5) is 17.5. The summed E-state index contributed by atoms with van der Waals surface area (Å²) >= 11 is 1.45. The molecule has 1 unspecified atom stereocenters. The number of carbonyl (C=O) groups excluding carboxylic acids is 1. The average Bonchev–Trinajstić information content (AvgIpc) is 3.24. The lowest BCUT2D eigenvalue weighted by Gasteiger charge is -2.22. The molecule has 6 nitrogen and oxygen atoms in total. The summed E-state index contributed by atoms with van der Waals surface area (Å²) in [5, 5.41) is 18.9. The van der Waals surface area contributed by atoms with Gasteiger partial charge >= 0.3 is 0 Å². The minimum atomic E-state index is -1.13. The van der Waals surface area contributed by atoms with Crippen molar-refractivity contribution in [3.05, 3.63) is 58.0 Å². The second-order valence-electron chi connectivity index (χ2n) is 5.63. The summed E-state index contributed by atoms with van der Waals surface area (Å²) in [7, 11) is 0. The fourth-order valence-corrected chi connectivity index (χ4v) is 3.08. The molecule has 0 aliphatic rings. The van der Waals surface area contributed by atoms with E-state index in [1.807, 2.05) is 17.5 Å². The summed E-state index contributed by atoms with van der Waals surface area (Å²) in [6, 6.07) is 10.7. The maximum Gasteiger partial charge on any atom is 0.258 e. The number of rotatable bonds is 5. The standard InChI is InChI=1S/C17H17N3O3S/c1-11-19-16(23-20-11)13-7-4-3-6-12(13)15(21)18-10-17(2,22)14-8-5-9-24-14/h3-9,22H,10H2,1-2H3,(H,18,21). The van der Waals surface area contributed by atoms with Crippen LogP contribution in [0.25, 0.3) is 11.5 Å². The molecule has 1 atom stereocenters. The van der Waals surface area contributed by atoms with Crippen molar-refractivity contribution in [3.8, 4) is 11.5 Å². The van der Waals surface area contributed by atoms with Crippen LogP contribution in [0.15, 0.2) is 46.3 Å². The van der Waals surface area contributed by atoms with Gasteiger partial charge in [0.1, 0.15) is 5.60 Å². The second kappa shape index (κ2) is 6.54. The first-order valence-electron chi connectivity index (χ1n) is 7.41. The van der Waals surface area contributed by atoms with Gasteiger partial charge in [-0.2, -0.15) is 4.98 Å². The number of aryl methyl sites for hydroxylation is 1. The smallest absolute Gasteiger partial charge is 0.258 e. The Morgan fingerprint density at radius 3 is 2.79 bits per heavy atom. The summed E-state index contributed by atoms with van der Waals surface area (Å²) in [5.41, 5.74) is -0.144. The fourth-order valence-electron chi connectivity index (χ4n) is 2.29. The van der Waals surface area contributed by atoms with Gasteiger partial charge in [-0.05, 0) is 37.4 Å². The number of hydrogen-bond donors (Lipinski definition) is 2. The van der Waals surface area contributed by atoms with Crippen molar-refractivity contribution in [2.75, 3.05) is 6.54 Å². The zero-order valence-electron chi connectivity index (χ0n) is 13.3. The van der Waals surface area contributed by atoms with Crippen molar-refractivity contribution < 1.29 is 14.4 Å². The molecule has 2 heterocycles. The van der Waals surface area contributed by atoms with E-state index >= 15 is 0 Å². The molecule has 2 N–H and O–H groups in total. The molecular formula is C17H17N3O3S. The fraction of sp³-hybridized carbons (Fsp3) is 0.235. The molecule has 3 aromatic rings. The van der Waals surface area contributed by atoms with Gasteiger partial charge < -0.3 is 14.9 Å². The van der Waals surface area contributed by atoms with E-state index < -0.39 is 5.60 Å². The maximum absolute atomic E-state index is 12.6. The molecule has 0 radical (unpaired) electrons. The zero-order chi connectivity index (χ0) is 17.2. The van der Waals surface area contributed by atoms with Crippen molar-refractivity contribution in [1.29, 1.82) is 0 Å². The largest absolute Gasteiger partial charge is 0.383 e. The van der Waals surface area contributed by atoms with Crippen LogP contribution in [0.4, 0.5) is 0 Å². The summed E-state index contributed by atoms with van der Waals surface area (Å²) in [6.45, 7) is 3.49. The van der Waals surface area contributed by atoms with Crippen LogP contribution >= 0.6 is 11.3 Å². The predicted octanol–water partition coefficient (Wildman–Crippen LogP) is 2.74. The Balaban J connectivity index is 1.79. The molecule has 1 aromatic carbocycles. The third-order valence-electron chi connectivity index (χ3n) is 3.57. The molecule has 124 valence electrons. The molecule has 0 fully saturated rings. The van der Waals surface area contributed by atoms with Crippen LogP contribution in [0.5, 0.6) is 0 Å². The van der Waals surface area contributed by atoms with E-state index in [2.05, 4.69) is 15.5 Å². The molecular weight excluding hydrogens is 326 g/mol. The molecule has 2 aromatic heterocycles. The molecule has 0 saturated carbocycles. The number of carbonyl (C=O) groups is 1. The van der Waals surface area contributed by atoms with E-state index in [1.165, 1.54) is 11.3 Å². The number of amides is 1. The summed E-state index contributed by atoms with van der Waals surface area (Å²) in [5.74, 6) is 0.488. The van der Waals surface area contributed by atoms with E-state index in [0.717, 1.165) is 4.88 Å². The van der Waals surface area contributed by atoms with Crippen molar-refractivity contribution in [2.24, 2.45) is 0 Å². The van der Waals surface area contributed by atoms with Crippen LogP contribution in [0.3, 0.4) is 0 Å². The SMILES string of the molecule is Cc1noc(-c2ccccc2C(=O)NCC(C)(O)c2cccs2)n1. The minimum absolute atomic E-state index is 0.101. The van der Waals surface area contributed by atoms with E-state index in [9.17, 15) is 9.90 Å². The Hall–Kier alpha value is -2.51. The second-order valence-corrected chi connectivity index (χ2v) is 6.57. The Labute approximate surface area is 143 Å². The Morgan fingerprint density at radius 2 is 2.12 bits per heavy atom.